The maximum atomic E-state index is 15.0. The number of ether oxygens (including phenoxy) is 1. The minimum absolute atomic E-state index is 0.00640. The summed E-state index contributed by atoms with van der Waals surface area (Å²) in [6.45, 7) is 4.13. The second-order valence-corrected chi connectivity index (χ2v) is 8.67. The van der Waals surface area contributed by atoms with Gasteiger partial charge < -0.3 is 9.64 Å². The Balaban J connectivity index is 1.43. The predicted molar refractivity (Wildman–Crippen MR) is 133 cm³/mol. The lowest BCUT2D eigenvalue weighted by Crippen LogP contribution is -2.33. The maximum absolute atomic E-state index is 15.0. The van der Waals surface area contributed by atoms with Crippen molar-refractivity contribution in [2.75, 3.05) is 13.2 Å². The van der Waals surface area contributed by atoms with Crippen LogP contribution in [0.2, 0.25) is 0 Å². The highest BCUT2D eigenvalue weighted by Crippen LogP contribution is 2.31. The van der Waals surface area contributed by atoms with Crippen molar-refractivity contribution in [1.29, 1.82) is 0 Å². The lowest BCUT2D eigenvalue weighted by Gasteiger charge is -2.22. The molecule has 1 amide bonds. The van der Waals surface area contributed by atoms with Crippen LogP contribution in [0.5, 0.6) is 5.75 Å². The van der Waals surface area contributed by atoms with E-state index < -0.39 is 5.82 Å². The zero-order chi connectivity index (χ0) is 25.2. The summed E-state index contributed by atoms with van der Waals surface area (Å²) in [5.41, 5.74) is 4.35. The molecule has 2 heterocycles. The molecule has 0 spiro atoms. The second kappa shape index (κ2) is 9.73. The van der Waals surface area contributed by atoms with E-state index in [4.69, 9.17) is 4.74 Å². The molecule has 1 N–H and O–H groups in total. The van der Waals surface area contributed by atoms with Crippen LogP contribution in [0.15, 0.2) is 60.9 Å². The number of hydrogen-bond acceptors (Lipinski definition) is 5. The Labute approximate surface area is 207 Å². The topological polar surface area (TPSA) is 88.2 Å². The van der Waals surface area contributed by atoms with E-state index in [1.54, 1.807) is 17.9 Å². The summed E-state index contributed by atoms with van der Waals surface area (Å²) in [5, 5.41) is 6.74. The summed E-state index contributed by atoms with van der Waals surface area (Å²) in [6, 6.07) is 16.8. The van der Waals surface area contributed by atoms with E-state index in [9.17, 15) is 14.0 Å². The Morgan fingerprint density at radius 3 is 2.44 bits per heavy atom. The molecule has 0 atom stereocenters. The standard InChI is InChI=1S/C28H25FN4O3/c1-3-22-24(10-9-23(17(2)34)26(22)29)28(35)33-12-13-36-25-11-8-20(14-21(25)15-33)18-4-6-19(7-5-18)27-30-16-31-32-27/h4-11,14,16H,3,12-13,15H2,1-2H3,(H,30,31,32). The van der Waals surface area contributed by atoms with Gasteiger partial charge in [-0.2, -0.15) is 5.10 Å². The van der Waals surface area contributed by atoms with Crippen molar-refractivity contribution in [3.63, 3.8) is 0 Å². The monoisotopic (exact) mass is 484 g/mol. The minimum atomic E-state index is -0.613. The zero-order valence-corrected chi connectivity index (χ0v) is 20.0. The number of benzene rings is 3. The Morgan fingerprint density at radius 1 is 1.03 bits per heavy atom. The maximum Gasteiger partial charge on any atom is 0.254 e. The molecule has 1 aliphatic heterocycles. The van der Waals surface area contributed by atoms with Crippen molar-refractivity contribution in [1.82, 2.24) is 20.1 Å². The number of carbonyl (C=O) groups excluding carboxylic acids is 2. The minimum Gasteiger partial charge on any atom is -0.491 e. The number of halogens is 1. The van der Waals surface area contributed by atoms with Crippen LogP contribution in [0.25, 0.3) is 22.5 Å². The van der Waals surface area contributed by atoms with Gasteiger partial charge in [-0.1, -0.05) is 37.3 Å². The van der Waals surface area contributed by atoms with E-state index in [0.717, 1.165) is 28.0 Å². The largest absolute Gasteiger partial charge is 0.491 e. The fourth-order valence-corrected chi connectivity index (χ4v) is 4.52. The molecule has 5 rings (SSSR count). The average Bonchev–Trinajstić information content (AvgIpc) is 3.34. The summed E-state index contributed by atoms with van der Waals surface area (Å²) in [5.74, 6) is 0.170. The number of nitrogens with zero attached hydrogens (tertiary/aromatic N) is 3. The Hall–Kier alpha value is -4.33. The van der Waals surface area contributed by atoms with Crippen LogP contribution in [0.1, 0.15) is 45.7 Å². The van der Waals surface area contributed by atoms with Crippen LogP contribution in [0.3, 0.4) is 0 Å². The number of carbonyl (C=O) groups is 2. The first-order chi connectivity index (χ1) is 17.5. The van der Waals surface area contributed by atoms with Crippen LogP contribution in [0.4, 0.5) is 4.39 Å². The van der Waals surface area contributed by atoms with E-state index in [-0.39, 0.29) is 28.4 Å². The summed E-state index contributed by atoms with van der Waals surface area (Å²) in [4.78, 5) is 31.1. The molecule has 0 fully saturated rings. The quantitative estimate of drug-likeness (QED) is 0.399. The third-order valence-electron chi connectivity index (χ3n) is 6.44. The third-order valence-corrected chi connectivity index (χ3v) is 6.44. The number of H-pyrrole nitrogens is 1. The van der Waals surface area contributed by atoms with Gasteiger partial charge in [0.15, 0.2) is 11.6 Å². The third kappa shape index (κ3) is 4.37. The number of ketones is 1. The first kappa shape index (κ1) is 23.4. The van der Waals surface area contributed by atoms with E-state index in [1.165, 1.54) is 19.3 Å². The molecule has 36 heavy (non-hydrogen) atoms. The smallest absolute Gasteiger partial charge is 0.254 e. The van der Waals surface area contributed by atoms with E-state index in [1.807, 2.05) is 42.5 Å². The highest BCUT2D eigenvalue weighted by Gasteiger charge is 2.25. The van der Waals surface area contributed by atoms with Gasteiger partial charge >= 0.3 is 0 Å². The second-order valence-electron chi connectivity index (χ2n) is 8.67. The molecule has 3 aromatic carbocycles. The number of aromatic amines is 1. The first-order valence-electron chi connectivity index (χ1n) is 11.8. The molecule has 0 saturated heterocycles. The van der Waals surface area contributed by atoms with Crippen molar-refractivity contribution in [3.05, 3.63) is 89.0 Å². The Bertz CT molecular complexity index is 1430. The molecule has 0 aliphatic carbocycles. The number of nitrogens with one attached hydrogen (secondary N) is 1. The lowest BCUT2D eigenvalue weighted by molar-refractivity contribution is 0.0731. The Morgan fingerprint density at radius 2 is 1.75 bits per heavy atom. The summed E-state index contributed by atoms with van der Waals surface area (Å²) < 4.78 is 20.9. The molecule has 1 aliphatic rings. The summed E-state index contributed by atoms with van der Waals surface area (Å²) in [7, 11) is 0. The van der Waals surface area contributed by atoms with Crippen LogP contribution < -0.4 is 4.74 Å². The molecule has 8 heteroatoms. The summed E-state index contributed by atoms with van der Waals surface area (Å²) >= 11 is 0. The summed E-state index contributed by atoms with van der Waals surface area (Å²) in [6.07, 6.45) is 1.78. The number of aromatic nitrogens is 3. The van der Waals surface area contributed by atoms with E-state index in [0.29, 0.717) is 31.9 Å². The van der Waals surface area contributed by atoms with Gasteiger partial charge in [-0.15, -0.1) is 0 Å². The van der Waals surface area contributed by atoms with Gasteiger partial charge in [0.25, 0.3) is 5.91 Å². The SMILES string of the molecule is CCc1c(C(=O)N2CCOc3ccc(-c4ccc(-c5ncn[nH]5)cc4)cc3C2)ccc(C(C)=O)c1F. The fourth-order valence-electron chi connectivity index (χ4n) is 4.52. The normalized spacial score (nSPS) is 13.0. The fraction of sp³-hybridized carbons (Fsp3) is 0.214. The van der Waals surface area contributed by atoms with Gasteiger partial charge in [0.2, 0.25) is 0 Å². The molecule has 182 valence electrons. The zero-order valence-electron chi connectivity index (χ0n) is 20.0. The highest BCUT2D eigenvalue weighted by molar-refractivity contribution is 5.99. The molecule has 1 aromatic heterocycles. The van der Waals surface area contributed by atoms with Crippen LogP contribution in [-0.2, 0) is 13.0 Å². The number of hydrogen-bond donors (Lipinski definition) is 1. The number of fused-ring (bicyclic) bond motifs is 1. The van der Waals surface area contributed by atoms with Gasteiger partial charge in [-0.25, -0.2) is 9.37 Å². The molecule has 0 bridgehead atoms. The van der Waals surface area contributed by atoms with Crippen LogP contribution in [0, 0.1) is 5.82 Å². The van der Waals surface area contributed by atoms with Gasteiger partial charge in [-0.3, -0.25) is 14.7 Å². The van der Waals surface area contributed by atoms with Crippen molar-refractivity contribution in [2.45, 2.75) is 26.8 Å². The highest BCUT2D eigenvalue weighted by atomic mass is 19.1. The number of amides is 1. The van der Waals surface area contributed by atoms with Gasteiger partial charge in [0.1, 0.15) is 24.5 Å². The van der Waals surface area contributed by atoms with Crippen molar-refractivity contribution in [2.24, 2.45) is 0 Å². The van der Waals surface area contributed by atoms with Crippen molar-refractivity contribution < 1.29 is 18.7 Å². The molecule has 4 aromatic rings. The molecule has 7 nitrogen and oxygen atoms in total. The predicted octanol–water partition coefficient (Wildman–Crippen LogP) is 5.08. The number of rotatable bonds is 5. The van der Waals surface area contributed by atoms with Gasteiger partial charge in [0, 0.05) is 28.8 Å². The van der Waals surface area contributed by atoms with Crippen LogP contribution in [-0.4, -0.2) is 44.9 Å². The molecule has 0 saturated carbocycles. The first-order valence-corrected chi connectivity index (χ1v) is 11.8. The molecular formula is C28H25FN4O3. The van der Waals surface area contributed by atoms with Crippen LogP contribution >= 0.6 is 0 Å². The number of Topliss-reactive ketones (excluding diaryl/α,β-unsaturated/α-hetero) is 1. The molecule has 0 unspecified atom stereocenters. The van der Waals surface area contributed by atoms with Gasteiger partial charge in [-0.05, 0) is 48.7 Å². The lowest BCUT2D eigenvalue weighted by atomic mass is 9.97. The molecular weight excluding hydrogens is 459 g/mol. The van der Waals surface area contributed by atoms with Crippen molar-refractivity contribution >= 4 is 11.7 Å². The van der Waals surface area contributed by atoms with E-state index >= 15 is 0 Å². The molecule has 0 radical (unpaired) electrons. The van der Waals surface area contributed by atoms with E-state index in [2.05, 4.69) is 15.2 Å². The van der Waals surface area contributed by atoms with Gasteiger partial charge in [0.05, 0.1) is 12.1 Å². The van der Waals surface area contributed by atoms with Crippen molar-refractivity contribution in [3.8, 4) is 28.3 Å². The average molecular weight is 485 g/mol. The Kier molecular flexibility index (Phi) is 6.33.